The summed E-state index contributed by atoms with van der Waals surface area (Å²) < 4.78 is 0. The highest BCUT2D eigenvalue weighted by Gasteiger charge is 2.27. The molecular formula is C26H22ClN3O2. The Morgan fingerprint density at radius 3 is 2.66 bits per heavy atom. The lowest BCUT2D eigenvalue weighted by Crippen LogP contribution is -2.37. The van der Waals surface area contributed by atoms with Crippen LogP contribution in [0.3, 0.4) is 0 Å². The first-order chi connectivity index (χ1) is 15.6. The summed E-state index contributed by atoms with van der Waals surface area (Å²) in [6, 6.07) is 13.2. The van der Waals surface area contributed by atoms with Crippen molar-refractivity contribution in [2.75, 3.05) is 13.1 Å². The molecule has 6 heteroatoms. The number of benzene rings is 1. The van der Waals surface area contributed by atoms with Crippen LogP contribution in [0.15, 0.2) is 66.6 Å². The molecule has 0 unspecified atom stereocenters. The molecule has 1 N–H and O–H groups in total. The van der Waals surface area contributed by atoms with Gasteiger partial charge >= 0.3 is 0 Å². The number of aromatic nitrogens is 2. The summed E-state index contributed by atoms with van der Waals surface area (Å²) in [4.78, 5) is 23.5. The van der Waals surface area contributed by atoms with Crippen LogP contribution >= 0.6 is 11.6 Å². The molecule has 0 saturated carbocycles. The fraction of sp³-hybridized carbons (Fsp3) is 0.192. The van der Waals surface area contributed by atoms with Crippen LogP contribution in [0.4, 0.5) is 0 Å². The minimum absolute atomic E-state index is 0.118. The van der Waals surface area contributed by atoms with Crippen molar-refractivity contribution < 1.29 is 9.90 Å². The number of nitrogens with zero attached hydrogens (tertiary/aromatic N) is 3. The molecule has 1 aliphatic heterocycles. The fourth-order valence-electron chi connectivity index (χ4n) is 4.47. The zero-order valence-electron chi connectivity index (χ0n) is 17.5. The van der Waals surface area contributed by atoms with Crippen molar-refractivity contribution in [3.05, 3.63) is 99.6 Å². The van der Waals surface area contributed by atoms with E-state index in [1.807, 2.05) is 47.4 Å². The van der Waals surface area contributed by atoms with E-state index in [4.69, 9.17) is 11.6 Å². The molecule has 3 aromatic rings. The number of amides is 1. The molecule has 2 aliphatic rings. The molecule has 0 spiro atoms. The number of fused-ring (bicyclic) bond motifs is 2. The van der Waals surface area contributed by atoms with Crippen LogP contribution in [0.5, 0.6) is 0 Å². The second-order valence-electron chi connectivity index (χ2n) is 8.06. The van der Waals surface area contributed by atoms with Crippen LogP contribution in [0.2, 0.25) is 5.02 Å². The number of hydrogen-bond donors (Lipinski definition) is 1. The normalized spacial score (nSPS) is 15.5. The third-order valence-corrected chi connectivity index (χ3v) is 6.28. The van der Waals surface area contributed by atoms with Crippen molar-refractivity contribution >= 4 is 34.9 Å². The smallest absolute Gasteiger partial charge is 0.227 e. The monoisotopic (exact) mass is 443 g/mol. The Hall–Kier alpha value is -3.44. The van der Waals surface area contributed by atoms with E-state index in [0.29, 0.717) is 30.1 Å². The van der Waals surface area contributed by atoms with Crippen molar-refractivity contribution in [3.63, 3.8) is 0 Å². The van der Waals surface area contributed by atoms with Gasteiger partial charge in [-0.15, -0.1) is 0 Å². The number of halogens is 1. The van der Waals surface area contributed by atoms with Crippen LogP contribution in [0, 0.1) is 0 Å². The summed E-state index contributed by atoms with van der Waals surface area (Å²) in [6.45, 7) is 1.31. The number of carbonyl (C=O) groups is 1. The van der Waals surface area contributed by atoms with E-state index >= 15 is 0 Å². The van der Waals surface area contributed by atoms with E-state index in [2.05, 4.69) is 9.97 Å². The SMILES string of the molecule is O=C(Cc1cccnc1)N1CCC(=C2c3ccc(Cl)cc3C=C(O)c3cccnc32)CC1. The van der Waals surface area contributed by atoms with Crippen molar-refractivity contribution in [1.82, 2.24) is 14.9 Å². The zero-order valence-corrected chi connectivity index (χ0v) is 18.2. The van der Waals surface area contributed by atoms with Gasteiger partial charge in [0.2, 0.25) is 5.91 Å². The van der Waals surface area contributed by atoms with Gasteiger partial charge in [-0.25, -0.2) is 0 Å². The molecule has 0 radical (unpaired) electrons. The van der Waals surface area contributed by atoms with E-state index in [0.717, 1.165) is 40.8 Å². The third-order valence-electron chi connectivity index (χ3n) is 6.05. The van der Waals surface area contributed by atoms with Gasteiger partial charge < -0.3 is 10.0 Å². The summed E-state index contributed by atoms with van der Waals surface area (Å²) in [5.74, 6) is 0.296. The number of piperidine rings is 1. The number of likely N-dealkylation sites (tertiary alicyclic amines) is 1. The number of hydrogen-bond acceptors (Lipinski definition) is 4. The first-order valence-corrected chi connectivity index (χ1v) is 11.0. The van der Waals surface area contributed by atoms with E-state index in [-0.39, 0.29) is 11.7 Å². The summed E-state index contributed by atoms with van der Waals surface area (Å²) in [7, 11) is 0. The number of rotatable bonds is 2. The molecule has 5 nitrogen and oxygen atoms in total. The van der Waals surface area contributed by atoms with Gasteiger partial charge in [0, 0.05) is 47.8 Å². The second-order valence-corrected chi connectivity index (χ2v) is 8.49. The lowest BCUT2D eigenvalue weighted by molar-refractivity contribution is -0.130. The summed E-state index contributed by atoms with van der Waals surface area (Å²) in [5.41, 5.74) is 6.55. The van der Waals surface area contributed by atoms with Crippen LogP contribution in [-0.2, 0) is 11.2 Å². The molecule has 5 rings (SSSR count). The molecule has 1 aromatic carbocycles. The molecule has 2 aromatic heterocycles. The Labute approximate surface area is 191 Å². The van der Waals surface area contributed by atoms with E-state index in [1.54, 1.807) is 24.7 Å². The number of carbonyl (C=O) groups excluding carboxylic acids is 1. The van der Waals surface area contributed by atoms with E-state index < -0.39 is 0 Å². The Morgan fingerprint density at radius 1 is 1.06 bits per heavy atom. The number of aliphatic hydroxyl groups excluding tert-OH is 1. The van der Waals surface area contributed by atoms with Gasteiger partial charge in [-0.05, 0) is 65.9 Å². The van der Waals surface area contributed by atoms with Gasteiger partial charge in [0.25, 0.3) is 0 Å². The molecule has 0 bridgehead atoms. The predicted octanol–water partition coefficient (Wildman–Crippen LogP) is 5.17. The van der Waals surface area contributed by atoms with Crippen LogP contribution < -0.4 is 0 Å². The van der Waals surface area contributed by atoms with Gasteiger partial charge in [0.1, 0.15) is 5.76 Å². The summed E-state index contributed by atoms with van der Waals surface area (Å²) in [6.07, 6.45) is 8.83. The molecule has 0 atom stereocenters. The quantitative estimate of drug-likeness (QED) is 0.593. The maximum Gasteiger partial charge on any atom is 0.227 e. The molecule has 1 fully saturated rings. The molecule has 160 valence electrons. The molecule has 32 heavy (non-hydrogen) atoms. The average Bonchev–Trinajstić information content (AvgIpc) is 2.93. The maximum atomic E-state index is 12.8. The molecule has 3 heterocycles. The Bertz CT molecular complexity index is 1240. The zero-order chi connectivity index (χ0) is 22.1. The van der Waals surface area contributed by atoms with Crippen LogP contribution in [0.1, 0.15) is 40.8 Å². The standard InChI is InChI=1S/C26H22ClN3O2/c27-20-5-6-21-19(14-20)15-23(31)22-4-2-10-29-26(22)25(21)18-7-11-30(12-8-18)24(32)13-17-3-1-9-28-16-17/h1-6,9-10,14-16,31H,7-8,11-13H2. The Kier molecular flexibility index (Phi) is 5.50. The Balaban J connectivity index is 1.48. The van der Waals surface area contributed by atoms with E-state index in [1.165, 1.54) is 5.57 Å². The van der Waals surface area contributed by atoms with Crippen molar-refractivity contribution in [1.29, 1.82) is 0 Å². The third kappa shape index (κ3) is 3.92. The summed E-state index contributed by atoms with van der Waals surface area (Å²) >= 11 is 6.25. The average molecular weight is 444 g/mol. The lowest BCUT2D eigenvalue weighted by atomic mass is 9.88. The van der Waals surface area contributed by atoms with E-state index in [9.17, 15) is 9.90 Å². The highest BCUT2D eigenvalue weighted by Crippen LogP contribution is 2.40. The highest BCUT2D eigenvalue weighted by molar-refractivity contribution is 6.30. The van der Waals surface area contributed by atoms with Gasteiger partial charge in [-0.3, -0.25) is 14.8 Å². The minimum Gasteiger partial charge on any atom is -0.507 e. The molecule has 1 saturated heterocycles. The Morgan fingerprint density at radius 2 is 1.88 bits per heavy atom. The first kappa shape index (κ1) is 20.5. The molecule has 1 amide bonds. The van der Waals surface area contributed by atoms with Crippen molar-refractivity contribution in [2.24, 2.45) is 0 Å². The van der Waals surface area contributed by atoms with Gasteiger partial charge in [0.15, 0.2) is 0 Å². The minimum atomic E-state index is 0.118. The molecule has 1 aliphatic carbocycles. The van der Waals surface area contributed by atoms with Crippen molar-refractivity contribution in [3.8, 4) is 0 Å². The van der Waals surface area contributed by atoms with Crippen LogP contribution in [-0.4, -0.2) is 39.0 Å². The molecular weight excluding hydrogens is 422 g/mol. The largest absolute Gasteiger partial charge is 0.507 e. The topological polar surface area (TPSA) is 66.3 Å². The van der Waals surface area contributed by atoms with Crippen molar-refractivity contribution in [2.45, 2.75) is 19.3 Å². The maximum absolute atomic E-state index is 12.8. The first-order valence-electron chi connectivity index (χ1n) is 10.6. The predicted molar refractivity (Wildman–Crippen MR) is 126 cm³/mol. The number of pyridine rings is 2. The second kappa shape index (κ2) is 8.60. The fourth-order valence-corrected chi connectivity index (χ4v) is 4.65. The van der Waals surface area contributed by atoms with Gasteiger partial charge in [-0.1, -0.05) is 29.3 Å². The van der Waals surface area contributed by atoms with Gasteiger partial charge in [0.05, 0.1) is 12.1 Å². The number of aliphatic hydroxyl groups is 1. The lowest BCUT2D eigenvalue weighted by Gasteiger charge is -2.30. The summed E-state index contributed by atoms with van der Waals surface area (Å²) in [5, 5.41) is 11.4. The van der Waals surface area contributed by atoms with Crippen LogP contribution in [0.25, 0.3) is 17.4 Å². The van der Waals surface area contributed by atoms with Gasteiger partial charge in [-0.2, -0.15) is 0 Å². The highest BCUT2D eigenvalue weighted by atomic mass is 35.5.